The van der Waals surface area contributed by atoms with Crippen LogP contribution in [0.3, 0.4) is 0 Å². The number of rotatable bonds is 5. The molecule has 0 saturated carbocycles. The van der Waals surface area contributed by atoms with E-state index in [1.165, 1.54) is 12.8 Å². The van der Waals surface area contributed by atoms with Crippen molar-refractivity contribution in [3.63, 3.8) is 0 Å². The van der Waals surface area contributed by atoms with E-state index in [9.17, 15) is 0 Å². The zero-order chi connectivity index (χ0) is 9.73. The molecule has 3 nitrogen and oxygen atoms in total. The molecule has 0 spiro atoms. The molecule has 0 radical (unpaired) electrons. The highest BCUT2D eigenvalue weighted by Gasteiger charge is 2.20. The number of aliphatic hydroxyl groups excluding tert-OH is 1. The highest BCUT2D eigenvalue weighted by atomic mass is 16.3. The first kappa shape index (κ1) is 11.0. The Balaban J connectivity index is 2.15. The summed E-state index contributed by atoms with van der Waals surface area (Å²) in [6.07, 6.45) is 3.40. The lowest BCUT2D eigenvalue weighted by molar-refractivity contribution is 0.228. The molecule has 0 aromatic rings. The number of hydrogen-bond donors (Lipinski definition) is 3. The third-order valence-corrected chi connectivity index (χ3v) is 2.73. The quantitative estimate of drug-likeness (QED) is 0.585. The lowest BCUT2D eigenvalue weighted by Crippen LogP contribution is -2.46. The molecule has 1 aliphatic heterocycles. The first-order chi connectivity index (χ1) is 6.14. The smallest absolute Gasteiger partial charge is 0.0448 e. The third kappa shape index (κ3) is 4.07. The molecule has 0 bridgehead atoms. The van der Waals surface area contributed by atoms with Gasteiger partial charge in [0.05, 0.1) is 0 Å². The summed E-state index contributed by atoms with van der Waals surface area (Å²) in [5, 5.41) is 15.8. The fourth-order valence-electron chi connectivity index (χ4n) is 1.70. The predicted molar refractivity (Wildman–Crippen MR) is 54.8 cm³/mol. The second-order valence-electron chi connectivity index (χ2n) is 4.53. The molecule has 3 heteroatoms. The van der Waals surface area contributed by atoms with Crippen molar-refractivity contribution in [3.05, 3.63) is 0 Å². The van der Waals surface area contributed by atoms with Crippen LogP contribution in [-0.4, -0.2) is 36.4 Å². The Hall–Kier alpha value is -0.120. The Morgan fingerprint density at radius 3 is 2.85 bits per heavy atom. The van der Waals surface area contributed by atoms with Crippen LogP contribution in [0.2, 0.25) is 0 Å². The second-order valence-corrected chi connectivity index (χ2v) is 4.53. The fourth-order valence-corrected chi connectivity index (χ4v) is 1.70. The molecule has 1 saturated heterocycles. The van der Waals surface area contributed by atoms with Gasteiger partial charge in [0.25, 0.3) is 0 Å². The van der Waals surface area contributed by atoms with Gasteiger partial charge in [-0.25, -0.2) is 0 Å². The molecule has 1 aliphatic rings. The first-order valence-corrected chi connectivity index (χ1v) is 5.23. The minimum absolute atomic E-state index is 0.0685. The lowest BCUT2D eigenvalue weighted by atomic mass is 10.0. The minimum Gasteiger partial charge on any atom is -0.396 e. The molecular formula is C10H22N2O. The van der Waals surface area contributed by atoms with Gasteiger partial charge in [-0.15, -0.1) is 0 Å². The molecule has 0 aromatic heterocycles. The van der Waals surface area contributed by atoms with Crippen LogP contribution in [0.1, 0.15) is 33.1 Å². The molecular weight excluding hydrogens is 164 g/mol. The standard InChI is InChI=1S/C10H22N2O/c1-10(2,5-7-13)12-8-9-4-3-6-11-9/h9,11-13H,3-8H2,1-2H3. The average molecular weight is 186 g/mol. The number of nitrogens with one attached hydrogen (secondary N) is 2. The number of aliphatic hydroxyl groups is 1. The van der Waals surface area contributed by atoms with Crippen molar-refractivity contribution in [2.75, 3.05) is 19.7 Å². The molecule has 1 rings (SSSR count). The van der Waals surface area contributed by atoms with Crippen LogP contribution < -0.4 is 10.6 Å². The predicted octanol–water partition coefficient (Wildman–Crippen LogP) is 0.489. The molecule has 1 atom stereocenters. The van der Waals surface area contributed by atoms with Crippen molar-refractivity contribution in [2.45, 2.75) is 44.7 Å². The summed E-state index contributed by atoms with van der Waals surface area (Å²) in [7, 11) is 0. The van der Waals surface area contributed by atoms with E-state index >= 15 is 0 Å². The van der Waals surface area contributed by atoms with Crippen LogP contribution >= 0.6 is 0 Å². The zero-order valence-electron chi connectivity index (χ0n) is 8.77. The second kappa shape index (κ2) is 4.94. The van der Waals surface area contributed by atoms with E-state index in [-0.39, 0.29) is 12.1 Å². The van der Waals surface area contributed by atoms with Gasteiger partial charge in [0.2, 0.25) is 0 Å². The molecule has 1 fully saturated rings. The Morgan fingerprint density at radius 1 is 1.54 bits per heavy atom. The van der Waals surface area contributed by atoms with Gasteiger partial charge in [0, 0.05) is 24.7 Å². The molecule has 0 aromatic carbocycles. The summed E-state index contributed by atoms with van der Waals surface area (Å²) in [6.45, 7) is 6.72. The van der Waals surface area contributed by atoms with Crippen molar-refractivity contribution < 1.29 is 5.11 Å². The Kier molecular flexibility index (Phi) is 4.16. The summed E-state index contributed by atoms with van der Waals surface area (Å²) >= 11 is 0. The van der Waals surface area contributed by atoms with Gasteiger partial charge in [-0.05, 0) is 39.7 Å². The van der Waals surface area contributed by atoms with Gasteiger partial charge in [0.1, 0.15) is 0 Å². The highest BCUT2D eigenvalue weighted by molar-refractivity contribution is 4.82. The first-order valence-electron chi connectivity index (χ1n) is 5.23. The van der Waals surface area contributed by atoms with Gasteiger partial charge in [-0.3, -0.25) is 0 Å². The summed E-state index contributed by atoms with van der Waals surface area (Å²) in [6, 6.07) is 0.637. The van der Waals surface area contributed by atoms with Crippen LogP contribution in [0.4, 0.5) is 0 Å². The lowest BCUT2D eigenvalue weighted by Gasteiger charge is -2.27. The van der Waals surface area contributed by atoms with E-state index in [0.717, 1.165) is 19.5 Å². The molecule has 0 amide bonds. The fraction of sp³-hybridized carbons (Fsp3) is 1.00. The molecule has 0 aliphatic carbocycles. The van der Waals surface area contributed by atoms with Crippen LogP contribution in [0.5, 0.6) is 0 Å². The van der Waals surface area contributed by atoms with Crippen molar-refractivity contribution in [3.8, 4) is 0 Å². The molecule has 3 N–H and O–H groups in total. The molecule has 1 unspecified atom stereocenters. The number of hydrogen-bond acceptors (Lipinski definition) is 3. The molecule has 78 valence electrons. The monoisotopic (exact) mass is 186 g/mol. The summed E-state index contributed by atoms with van der Waals surface area (Å²) in [4.78, 5) is 0. The molecule has 1 heterocycles. The maximum atomic E-state index is 8.84. The molecule has 13 heavy (non-hydrogen) atoms. The topological polar surface area (TPSA) is 44.3 Å². The van der Waals surface area contributed by atoms with Gasteiger partial charge >= 0.3 is 0 Å². The normalized spacial score (nSPS) is 23.8. The van der Waals surface area contributed by atoms with Gasteiger partial charge in [0.15, 0.2) is 0 Å². The zero-order valence-corrected chi connectivity index (χ0v) is 8.77. The van der Waals surface area contributed by atoms with Gasteiger partial charge in [-0.1, -0.05) is 0 Å². The summed E-state index contributed by atoms with van der Waals surface area (Å²) < 4.78 is 0. The van der Waals surface area contributed by atoms with Crippen LogP contribution in [0.15, 0.2) is 0 Å². The van der Waals surface area contributed by atoms with Crippen LogP contribution in [-0.2, 0) is 0 Å². The van der Waals surface area contributed by atoms with Crippen molar-refractivity contribution in [1.82, 2.24) is 10.6 Å². The average Bonchev–Trinajstić information content (AvgIpc) is 2.52. The van der Waals surface area contributed by atoms with Gasteiger partial charge < -0.3 is 15.7 Å². The summed E-state index contributed by atoms with van der Waals surface area (Å²) in [5.74, 6) is 0. The minimum atomic E-state index is 0.0685. The Labute approximate surface area is 80.9 Å². The van der Waals surface area contributed by atoms with Gasteiger partial charge in [-0.2, -0.15) is 0 Å². The van der Waals surface area contributed by atoms with E-state index in [2.05, 4.69) is 24.5 Å². The van der Waals surface area contributed by atoms with Crippen LogP contribution in [0.25, 0.3) is 0 Å². The Morgan fingerprint density at radius 2 is 2.31 bits per heavy atom. The maximum Gasteiger partial charge on any atom is 0.0448 e. The van der Waals surface area contributed by atoms with Crippen LogP contribution in [0, 0.1) is 0 Å². The SMILES string of the molecule is CC(C)(CCO)NCC1CCCN1. The van der Waals surface area contributed by atoms with E-state index in [1.54, 1.807) is 0 Å². The maximum absolute atomic E-state index is 8.84. The van der Waals surface area contributed by atoms with Crippen molar-refractivity contribution in [1.29, 1.82) is 0 Å². The Bertz CT molecular complexity index is 142. The third-order valence-electron chi connectivity index (χ3n) is 2.73. The van der Waals surface area contributed by atoms with E-state index < -0.39 is 0 Å². The van der Waals surface area contributed by atoms with E-state index in [4.69, 9.17) is 5.11 Å². The van der Waals surface area contributed by atoms with E-state index in [0.29, 0.717) is 6.04 Å². The van der Waals surface area contributed by atoms with Crippen molar-refractivity contribution >= 4 is 0 Å². The van der Waals surface area contributed by atoms with Crippen molar-refractivity contribution in [2.24, 2.45) is 0 Å². The van der Waals surface area contributed by atoms with E-state index in [1.807, 2.05) is 0 Å². The largest absolute Gasteiger partial charge is 0.396 e. The highest BCUT2D eigenvalue weighted by Crippen LogP contribution is 2.09. The summed E-state index contributed by atoms with van der Waals surface area (Å²) in [5.41, 5.74) is 0.0685.